The van der Waals surface area contributed by atoms with Gasteiger partial charge in [-0.15, -0.1) is 0 Å². The van der Waals surface area contributed by atoms with Gasteiger partial charge in [-0.2, -0.15) is 0 Å². The predicted molar refractivity (Wildman–Crippen MR) is 110 cm³/mol. The van der Waals surface area contributed by atoms with Crippen LogP contribution >= 0.6 is 0 Å². The lowest BCUT2D eigenvalue weighted by Gasteiger charge is -2.21. The minimum absolute atomic E-state index is 0.110. The molecule has 1 aliphatic heterocycles. The number of aryl methyl sites for hydroxylation is 1. The Morgan fingerprint density at radius 2 is 2.00 bits per heavy atom. The molecule has 1 unspecified atom stereocenters. The second-order valence-electron chi connectivity index (χ2n) is 7.81. The number of aromatic nitrogens is 1. The summed E-state index contributed by atoms with van der Waals surface area (Å²) >= 11 is 0. The van der Waals surface area contributed by atoms with Gasteiger partial charge in [0.2, 0.25) is 10.0 Å². The minimum Gasteiger partial charge on any atom is -0.408 e. The summed E-state index contributed by atoms with van der Waals surface area (Å²) in [5.41, 5.74) is 2.15. The predicted octanol–water partition coefficient (Wildman–Crippen LogP) is 1.08. The van der Waals surface area contributed by atoms with Crippen LogP contribution in [-0.2, 0) is 17.1 Å². The molecule has 4 rings (SSSR count). The average molecular weight is 417 g/mol. The molecule has 154 valence electrons. The number of likely N-dealkylation sites (tertiary alicyclic amines) is 1. The molecule has 0 amide bonds. The Morgan fingerprint density at radius 3 is 2.76 bits per heavy atom. The van der Waals surface area contributed by atoms with Crippen molar-refractivity contribution in [1.29, 1.82) is 0 Å². The first-order chi connectivity index (χ1) is 13.8. The van der Waals surface area contributed by atoms with Gasteiger partial charge in [-0.1, -0.05) is 30.3 Å². The van der Waals surface area contributed by atoms with E-state index in [1.807, 2.05) is 6.07 Å². The van der Waals surface area contributed by atoms with Crippen LogP contribution in [0.3, 0.4) is 0 Å². The van der Waals surface area contributed by atoms with Crippen molar-refractivity contribution in [2.45, 2.75) is 24.3 Å². The van der Waals surface area contributed by atoms with Gasteiger partial charge in [0.1, 0.15) is 6.04 Å². The number of oxazole rings is 1. The number of hydrogen-bond acceptors (Lipinski definition) is 4. The van der Waals surface area contributed by atoms with Crippen molar-refractivity contribution in [2.24, 2.45) is 13.0 Å². The fourth-order valence-electron chi connectivity index (χ4n) is 4.10. The maximum Gasteiger partial charge on any atom is 0.419 e. The molecule has 2 heterocycles. The number of rotatable bonds is 6. The maximum absolute atomic E-state index is 12.7. The van der Waals surface area contributed by atoms with E-state index in [1.165, 1.54) is 27.2 Å². The molecule has 0 spiro atoms. The number of sulfonamides is 1. The van der Waals surface area contributed by atoms with E-state index in [-0.39, 0.29) is 10.5 Å². The van der Waals surface area contributed by atoms with Crippen LogP contribution < -0.4 is 15.4 Å². The third-order valence-corrected chi connectivity index (χ3v) is 7.39. The van der Waals surface area contributed by atoms with Gasteiger partial charge in [0, 0.05) is 37.6 Å². The SMILES string of the molecule is C[C@@H](c1ccccc1)[NH+]1CC[C@H](CNS(=O)(=O)c2ccc3c(c2)oc(=O)n3C)C1. The molecular weight excluding hydrogens is 390 g/mol. The highest BCUT2D eigenvalue weighted by Crippen LogP contribution is 2.18. The maximum atomic E-state index is 12.7. The van der Waals surface area contributed by atoms with E-state index in [0.29, 0.717) is 24.0 Å². The van der Waals surface area contributed by atoms with Crippen LogP contribution in [0.25, 0.3) is 11.1 Å². The van der Waals surface area contributed by atoms with E-state index >= 15 is 0 Å². The third kappa shape index (κ3) is 4.01. The van der Waals surface area contributed by atoms with Crippen LogP contribution in [0.5, 0.6) is 0 Å². The van der Waals surface area contributed by atoms with Crippen LogP contribution in [-0.4, -0.2) is 32.6 Å². The smallest absolute Gasteiger partial charge is 0.408 e. The van der Waals surface area contributed by atoms with Crippen molar-refractivity contribution < 1.29 is 17.7 Å². The summed E-state index contributed by atoms with van der Waals surface area (Å²) < 4.78 is 34.6. The molecule has 1 saturated heterocycles. The molecule has 29 heavy (non-hydrogen) atoms. The molecule has 0 aliphatic carbocycles. The van der Waals surface area contributed by atoms with Gasteiger partial charge in [0.25, 0.3) is 0 Å². The van der Waals surface area contributed by atoms with E-state index in [1.54, 1.807) is 13.1 Å². The van der Waals surface area contributed by atoms with Gasteiger partial charge >= 0.3 is 5.76 Å². The second kappa shape index (κ2) is 7.78. The molecule has 2 aromatic carbocycles. The van der Waals surface area contributed by atoms with Crippen LogP contribution in [0, 0.1) is 5.92 Å². The monoisotopic (exact) mass is 416 g/mol. The summed E-state index contributed by atoms with van der Waals surface area (Å²) in [5, 5.41) is 0. The molecule has 0 bridgehead atoms. The molecule has 2 N–H and O–H groups in total. The van der Waals surface area contributed by atoms with Crippen molar-refractivity contribution in [2.75, 3.05) is 19.6 Å². The van der Waals surface area contributed by atoms with E-state index in [2.05, 4.69) is 35.9 Å². The van der Waals surface area contributed by atoms with E-state index in [9.17, 15) is 13.2 Å². The molecule has 0 saturated carbocycles. The van der Waals surface area contributed by atoms with Gasteiger partial charge in [-0.05, 0) is 19.1 Å². The lowest BCUT2D eigenvalue weighted by molar-refractivity contribution is -0.919. The van der Waals surface area contributed by atoms with Crippen molar-refractivity contribution in [3.05, 3.63) is 64.6 Å². The van der Waals surface area contributed by atoms with Gasteiger partial charge in [-0.3, -0.25) is 4.57 Å². The lowest BCUT2D eigenvalue weighted by atomic mass is 10.1. The Labute approximate surface area is 170 Å². The first kappa shape index (κ1) is 19.9. The first-order valence-electron chi connectivity index (χ1n) is 9.84. The number of hydrogen-bond donors (Lipinski definition) is 2. The number of fused-ring (bicyclic) bond motifs is 1. The first-order valence-corrected chi connectivity index (χ1v) is 11.3. The Morgan fingerprint density at radius 1 is 1.24 bits per heavy atom. The summed E-state index contributed by atoms with van der Waals surface area (Å²) in [6.45, 7) is 4.60. The standard InChI is InChI=1S/C21H25N3O4S/c1-15(17-6-4-3-5-7-17)24-11-10-16(14-24)13-22-29(26,27)18-8-9-19-20(12-18)28-21(25)23(19)2/h3-9,12,15-16,22H,10-11,13-14H2,1-2H3/p+1/t15-,16+/m0/s1. The highest BCUT2D eigenvalue weighted by atomic mass is 32.2. The minimum atomic E-state index is -3.66. The van der Waals surface area contributed by atoms with Gasteiger partial charge in [-0.25, -0.2) is 17.9 Å². The van der Waals surface area contributed by atoms with Gasteiger partial charge in [0.05, 0.1) is 23.5 Å². The average Bonchev–Trinajstić information content (AvgIpc) is 3.31. The molecule has 3 aromatic rings. The zero-order valence-electron chi connectivity index (χ0n) is 16.6. The normalized spacial score (nSPS) is 20.9. The summed E-state index contributed by atoms with van der Waals surface area (Å²) in [5.74, 6) is -0.214. The summed E-state index contributed by atoms with van der Waals surface area (Å²) in [4.78, 5) is 13.2. The fraction of sp³-hybridized carbons (Fsp3) is 0.381. The zero-order chi connectivity index (χ0) is 20.6. The summed E-state index contributed by atoms with van der Waals surface area (Å²) in [7, 11) is -2.07. The number of nitrogens with zero attached hydrogens (tertiary/aromatic N) is 1. The number of benzene rings is 2. The molecule has 1 aliphatic rings. The molecule has 1 fully saturated rings. The third-order valence-electron chi connectivity index (χ3n) is 5.97. The van der Waals surface area contributed by atoms with Crippen LogP contribution in [0.4, 0.5) is 0 Å². The number of nitrogens with one attached hydrogen (secondary N) is 2. The largest absolute Gasteiger partial charge is 0.419 e. The van der Waals surface area contributed by atoms with Crippen molar-refractivity contribution >= 4 is 21.1 Å². The Bertz CT molecular complexity index is 1170. The molecule has 0 radical (unpaired) electrons. The molecular formula is C21H26N3O4S+. The highest BCUT2D eigenvalue weighted by Gasteiger charge is 2.31. The van der Waals surface area contributed by atoms with E-state index in [0.717, 1.165) is 19.5 Å². The van der Waals surface area contributed by atoms with Crippen molar-refractivity contribution in [3.63, 3.8) is 0 Å². The molecule has 1 aromatic heterocycles. The van der Waals surface area contributed by atoms with Crippen LogP contribution in [0.1, 0.15) is 24.9 Å². The topological polar surface area (TPSA) is 85.8 Å². The van der Waals surface area contributed by atoms with E-state index < -0.39 is 15.8 Å². The van der Waals surface area contributed by atoms with Crippen molar-refractivity contribution in [1.82, 2.24) is 9.29 Å². The quantitative estimate of drug-likeness (QED) is 0.630. The van der Waals surface area contributed by atoms with Crippen LogP contribution in [0.15, 0.2) is 62.6 Å². The molecule has 3 atom stereocenters. The Balaban J connectivity index is 1.40. The zero-order valence-corrected chi connectivity index (χ0v) is 17.4. The summed E-state index contributed by atoms with van der Waals surface area (Å²) in [6, 6.07) is 15.3. The van der Waals surface area contributed by atoms with Gasteiger partial charge in [0.15, 0.2) is 5.58 Å². The fourth-order valence-corrected chi connectivity index (χ4v) is 5.23. The Kier molecular flexibility index (Phi) is 5.33. The highest BCUT2D eigenvalue weighted by molar-refractivity contribution is 7.89. The summed E-state index contributed by atoms with van der Waals surface area (Å²) in [6.07, 6.45) is 0.988. The van der Waals surface area contributed by atoms with Gasteiger partial charge < -0.3 is 9.32 Å². The second-order valence-corrected chi connectivity index (χ2v) is 9.57. The molecule has 8 heteroatoms. The van der Waals surface area contributed by atoms with E-state index in [4.69, 9.17) is 4.42 Å². The lowest BCUT2D eigenvalue weighted by Crippen LogP contribution is -3.10. The van der Waals surface area contributed by atoms with Crippen LogP contribution in [0.2, 0.25) is 0 Å². The molecule has 7 nitrogen and oxygen atoms in total. The number of quaternary nitrogens is 1. The Hall–Kier alpha value is -2.42. The van der Waals surface area contributed by atoms with Crippen molar-refractivity contribution in [3.8, 4) is 0 Å².